The lowest BCUT2D eigenvalue weighted by Crippen LogP contribution is -2.42. The number of likely N-dealkylation sites (tertiary alicyclic amines) is 1. The van der Waals surface area contributed by atoms with Gasteiger partial charge in [-0.3, -0.25) is 0 Å². The van der Waals surface area contributed by atoms with Crippen LogP contribution in [0.1, 0.15) is 66.2 Å². The van der Waals surface area contributed by atoms with Crippen molar-refractivity contribution in [3.63, 3.8) is 0 Å². The zero-order chi connectivity index (χ0) is 15.2. The second-order valence-electron chi connectivity index (χ2n) is 6.88. The number of hydrogen-bond donors (Lipinski definition) is 0. The zero-order valence-corrected chi connectivity index (χ0v) is 13.4. The Kier molecular flexibility index (Phi) is 6.50. The van der Waals surface area contributed by atoms with E-state index in [4.69, 9.17) is 4.74 Å². The molecular formula is C16H29NO3. The van der Waals surface area contributed by atoms with E-state index >= 15 is 0 Å². The largest absolute Gasteiger partial charge is 0.444 e. The lowest BCUT2D eigenvalue weighted by atomic mass is 9.92. The minimum Gasteiger partial charge on any atom is -0.444 e. The van der Waals surface area contributed by atoms with Gasteiger partial charge in [-0.2, -0.15) is 0 Å². The van der Waals surface area contributed by atoms with Crippen LogP contribution in [0.2, 0.25) is 0 Å². The lowest BCUT2D eigenvalue weighted by Gasteiger charge is -2.34. The van der Waals surface area contributed by atoms with E-state index in [2.05, 4.69) is 0 Å². The first-order valence-corrected chi connectivity index (χ1v) is 7.75. The molecule has 20 heavy (non-hydrogen) atoms. The van der Waals surface area contributed by atoms with Gasteiger partial charge in [0.25, 0.3) is 0 Å². The van der Waals surface area contributed by atoms with E-state index in [0.717, 1.165) is 38.8 Å². The SMILES string of the molecule is CC(=O)CCCCC1CCCN(C(=O)OC(C)(C)C)C1. The maximum Gasteiger partial charge on any atom is 0.410 e. The molecule has 4 nitrogen and oxygen atoms in total. The van der Waals surface area contributed by atoms with Crippen LogP contribution in [0.15, 0.2) is 0 Å². The van der Waals surface area contributed by atoms with E-state index in [-0.39, 0.29) is 11.9 Å². The van der Waals surface area contributed by atoms with Crippen molar-refractivity contribution in [3.8, 4) is 0 Å². The molecule has 0 saturated carbocycles. The molecule has 4 heteroatoms. The van der Waals surface area contributed by atoms with E-state index in [1.54, 1.807) is 6.92 Å². The van der Waals surface area contributed by atoms with Crippen molar-refractivity contribution in [3.05, 3.63) is 0 Å². The Morgan fingerprint density at radius 1 is 1.25 bits per heavy atom. The Hall–Kier alpha value is -1.06. The van der Waals surface area contributed by atoms with Crippen LogP contribution in [0, 0.1) is 5.92 Å². The molecule has 0 aliphatic carbocycles. The third kappa shape index (κ3) is 6.92. The number of nitrogens with zero attached hydrogens (tertiary/aromatic N) is 1. The van der Waals surface area contributed by atoms with E-state index in [1.807, 2.05) is 25.7 Å². The fourth-order valence-corrected chi connectivity index (χ4v) is 2.60. The van der Waals surface area contributed by atoms with Gasteiger partial charge in [0.15, 0.2) is 0 Å². The number of carbonyl (C=O) groups is 2. The van der Waals surface area contributed by atoms with Gasteiger partial charge in [-0.05, 0) is 59.3 Å². The molecule has 1 aliphatic rings. The van der Waals surface area contributed by atoms with Gasteiger partial charge in [-0.25, -0.2) is 4.79 Å². The molecule has 1 amide bonds. The van der Waals surface area contributed by atoms with Gasteiger partial charge in [0, 0.05) is 19.5 Å². The quantitative estimate of drug-likeness (QED) is 0.721. The highest BCUT2D eigenvalue weighted by atomic mass is 16.6. The van der Waals surface area contributed by atoms with Crippen LogP contribution < -0.4 is 0 Å². The zero-order valence-electron chi connectivity index (χ0n) is 13.4. The molecule has 0 aromatic rings. The second kappa shape index (κ2) is 7.65. The minimum absolute atomic E-state index is 0.189. The summed E-state index contributed by atoms with van der Waals surface area (Å²) in [5.41, 5.74) is -0.425. The number of piperidine rings is 1. The molecule has 0 aromatic carbocycles. The van der Waals surface area contributed by atoms with E-state index in [9.17, 15) is 9.59 Å². The molecule has 0 radical (unpaired) electrons. The number of Topliss-reactive ketones (excluding diaryl/α,β-unsaturated/α-hetero) is 1. The Labute approximate surface area is 122 Å². The molecular weight excluding hydrogens is 254 g/mol. The first-order chi connectivity index (χ1) is 9.28. The maximum absolute atomic E-state index is 12.0. The van der Waals surface area contributed by atoms with Gasteiger partial charge in [0.05, 0.1) is 0 Å². The Morgan fingerprint density at radius 2 is 1.95 bits per heavy atom. The van der Waals surface area contributed by atoms with Gasteiger partial charge in [-0.1, -0.05) is 6.42 Å². The summed E-state index contributed by atoms with van der Waals surface area (Å²) in [6, 6.07) is 0. The van der Waals surface area contributed by atoms with Crippen molar-refractivity contribution in [2.24, 2.45) is 5.92 Å². The van der Waals surface area contributed by atoms with Gasteiger partial charge in [-0.15, -0.1) is 0 Å². The number of hydrogen-bond acceptors (Lipinski definition) is 3. The second-order valence-corrected chi connectivity index (χ2v) is 6.88. The molecule has 0 bridgehead atoms. The van der Waals surface area contributed by atoms with Crippen LogP contribution in [0.3, 0.4) is 0 Å². The van der Waals surface area contributed by atoms with Crippen LogP contribution >= 0.6 is 0 Å². The van der Waals surface area contributed by atoms with Crippen molar-refractivity contribution in [1.82, 2.24) is 4.90 Å². The number of rotatable bonds is 5. The lowest BCUT2D eigenvalue weighted by molar-refractivity contribution is -0.117. The van der Waals surface area contributed by atoms with Crippen molar-refractivity contribution < 1.29 is 14.3 Å². The summed E-state index contributed by atoms with van der Waals surface area (Å²) in [4.78, 5) is 24.8. The average Bonchev–Trinajstić information content (AvgIpc) is 2.33. The van der Waals surface area contributed by atoms with Crippen LogP contribution in [0.25, 0.3) is 0 Å². The molecule has 0 N–H and O–H groups in total. The first-order valence-electron chi connectivity index (χ1n) is 7.75. The summed E-state index contributed by atoms with van der Waals surface area (Å²) in [5, 5.41) is 0. The molecule has 1 heterocycles. The molecule has 1 unspecified atom stereocenters. The average molecular weight is 283 g/mol. The molecule has 1 atom stereocenters. The fourth-order valence-electron chi connectivity index (χ4n) is 2.60. The Morgan fingerprint density at radius 3 is 2.55 bits per heavy atom. The number of carbonyl (C=O) groups excluding carboxylic acids is 2. The molecule has 1 aliphatic heterocycles. The van der Waals surface area contributed by atoms with E-state index < -0.39 is 5.60 Å². The van der Waals surface area contributed by atoms with Gasteiger partial charge in [0.1, 0.15) is 11.4 Å². The van der Waals surface area contributed by atoms with Crippen molar-refractivity contribution >= 4 is 11.9 Å². The highest BCUT2D eigenvalue weighted by molar-refractivity contribution is 5.75. The van der Waals surface area contributed by atoms with E-state index in [1.165, 1.54) is 6.42 Å². The smallest absolute Gasteiger partial charge is 0.410 e. The van der Waals surface area contributed by atoms with Gasteiger partial charge >= 0.3 is 6.09 Å². The summed E-state index contributed by atoms with van der Waals surface area (Å²) in [7, 11) is 0. The summed E-state index contributed by atoms with van der Waals surface area (Å²) in [5.74, 6) is 0.826. The highest BCUT2D eigenvalue weighted by Crippen LogP contribution is 2.23. The predicted molar refractivity (Wildman–Crippen MR) is 79.7 cm³/mol. The molecule has 1 rings (SSSR count). The number of ether oxygens (including phenoxy) is 1. The number of unbranched alkanes of at least 4 members (excludes halogenated alkanes) is 1. The Bertz CT molecular complexity index is 333. The van der Waals surface area contributed by atoms with Crippen LogP contribution in [-0.4, -0.2) is 35.5 Å². The normalized spacial score (nSPS) is 19.8. The third-order valence-electron chi connectivity index (χ3n) is 3.56. The standard InChI is InChI=1S/C16H29NO3/c1-13(18)8-5-6-9-14-10-7-11-17(12-14)15(19)20-16(2,3)4/h14H,5-12H2,1-4H3. The molecule has 1 fully saturated rings. The fraction of sp³-hybridized carbons (Fsp3) is 0.875. The van der Waals surface area contributed by atoms with Crippen molar-refractivity contribution in [2.75, 3.05) is 13.1 Å². The van der Waals surface area contributed by atoms with Gasteiger partial charge in [0.2, 0.25) is 0 Å². The highest BCUT2D eigenvalue weighted by Gasteiger charge is 2.27. The summed E-state index contributed by atoms with van der Waals surface area (Å²) < 4.78 is 5.42. The maximum atomic E-state index is 12.0. The number of ketones is 1. The molecule has 116 valence electrons. The minimum atomic E-state index is -0.425. The monoisotopic (exact) mass is 283 g/mol. The summed E-state index contributed by atoms with van der Waals surface area (Å²) in [6.45, 7) is 8.94. The van der Waals surface area contributed by atoms with Gasteiger partial charge < -0.3 is 14.4 Å². The van der Waals surface area contributed by atoms with Crippen molar-refractivity contribution in [1.29, 1.82) is 0 Å². The summed E-state index contributed by atoms with van der Waals surface area (Å²) in [6.07, 6.45) is 5.88. The molecule has 1 saturated heterocycles. The Balaban J connectivity index is 2.31. The topological polar surface area (TPSA) is 46.6 Å². The number of amides is 1. The predicted octanol–water partition coefficient (Wildman–Crippen LogP) is 3.78. The third-order valence-corrected chi connectivity index (χ3v) is 3.56. The van der Waals surface area contributed by atoms with Crippen LogP contribution in [0.5, 0.6) is 0 Å². The van der Waals surface area contributed by atoms with Crippen LogP contribution in [0.4, 0.5) is 4.79 Å². The summed E-state index contributed by atoms with van der Waals surface area (Å²) >= 11 is 0. The van der Waals surface area contributed by atoms with E-state index in [0.29, 0.717) is 12.3 Å². The molecule has 0 spiro atoms. The van der Waals surface area contributed by atoms with Crippen molar-refractivity contribution in [2.45, 2.75) is 71.8 Å². The van der Waals surface area contributed by atoms with Crippen LogP contribution in [-0.2, 0) is 9.53 Å². The first kappa shape index (κ1) is 17.0. The molecule has 0 aromatic heterocycles.